The van der Waals surface area contributed by atoms with Crippen molar-refractivity contribution >= 4 is 17.6 Å². The van der Waals surface area contributed by atoms with Crippen LogP contribution in [0, 0.1) is 0 Å². The summed E-state index contributed by atoms with van der Waals surface area (Å²) in [6.07, 6.45) is 34.0. The lowest BCUT2D eigenvalue weighted by Gasteiger charge is -2.42. The van der Waals surface area contributed by atoms with Crippen LogP contribution in [0.15, 0.2) is 35.3 Å². The van der Waals surface area contributed by atoms with Gasteiger partial charge in [0, 0.05) is 5.69 Å². The molecule has 1 aromatic carbocycles. The van der Waals surface area contributed by atoms with Crippen LogP contribution in [-0.2, 0) is 0 Å². The average Bonchev–Trinajstić information content (AvgIpc) is 3.08. The molecular weight excluding hydrogens is 526 g/mol. The van der Waals surface area contributed by atoms with Crippen molar-refractivity contribution in [3.8, 4) is 0 Å². The third kappa shape index (κ3) is 8.57. The molecule has 0 saturated heterocycles. The van der Waals surface area contributed by atoms with Gasteiger partial charge in [-0.25, -0.2) is 10.3 Å². The molecule has 5 heteroatoms. The number of benzene rings is 1. The first kappa shape index (κ1) is 31.0. The lowest BCUT2D eigenvalue weighted by atomic mass is 9.88. The van der Waals surface area contributed by atoms with Gasteiger partial charge in [-0.2, -0.15) is 0 Å². The number of para-hydroxylation sites is 1. The standard InChI is InChI=1S/C38H61N5/c1-7-19-31(20-8-1)39-37(40-32-21-9-2-10-22-32)41-38(42(33-23-11-3-12-24-33)34-25-13-4-14-26-34)43(35-27-15-5-16-28-35)36-29-17-6-18-30-36/h1,7-8,19-20,32-36H,2-6,9-18,21-30H2,(H,39,40)/p+1. The minimum atomic E-state index is 0.421. The maximum Gasteiger partial charge on any atom is 0.356 e. The van der Waals surface area contributed by atoms with E-state index < -0.39 is 0 Å². The Balaban J connectivity index is 1.46. The highest BCUT2D eigenvalue weighted by atomic mass is 15.4. The predicted molar refractivity (Wildman–Crippen MR) is 182 cm³/mol. The summed E-state index contributed by atoms with van der Waals surface area (Å²) < 4.78 is 3.02. The lowest BCUT2D eigenvalue weighted by Crippen LogP contribution is -2.61. The van der Waals surface area contributed by atoms with E-state index in [0.29, 0.717) is 30.2 Å². The summed E-state index contributed by atoms with van der Waals surface area (Å²) in [6, 6.07) is 13.9. The van der Waals surface area contributed by atoms with Gasteiger partial charge in [0.2, 0.25) is 0 Å². The van der Waals surface area contributed by atoms with Crippen molar-refractivity contribution in [3.63, 3.8) is 0 Å². The first-order valence-corrected chi connectivity index (χ1v) is 19.0. The zero-order valence-electron chi connectivity index (χ0n) is 27.3. The Morgan fingerprint density at radius 2 is 1.00 bits per heavy atom. The summed E-state index contributed by atoms with van der Waals surface area (Å²) in [6.45, 7) is 0. The number of guanidine groups is 2. The molecule has 6 rings (SSSR count). The largest absolute Gasteiger partial charge is 0.356 e. The smallest absolute Gasteiger partial charge is 0.313 e. The average molecular weight is 589 g/mol. The van der Waals surface area contributed by atoms with Crippen LogP contribution >= 0.6 is 0 Å². The highest BCUT2D eigenvalue weighted by Gasteiger charge is 2.42. The molecule has 0 aromatic heterocycles. The van der Waals surface area contributed by atoms with Gasteiger partial charge in [-0.05, 0) is 76.3 Å². The van der Waals surface area contributed by atoms with Crippen molar-refractivity contribution < 1.29 is 4.58 Å². The zero-order valence-corrected chi connectivity index (χ0v) is 27.3. The normalized spacial score (nSPS) is 24.4. The Labute approximate surface area is 263 Å². The lowest BCUT2D eigenvalue weighted by molar-refractivity contribution is -0.613. The molecule has 43 heavy (non-hydrogen) atoms. The van der Waals surface area contributed by atoms with Crippen LogP contribution in [0.2, 0.25) is 0 Å². The summed E-state index contributed by atoms with van der Waals surface area (Å²) >= 11 is 0. The molecule has 2 N–H and O–H groups in total. The SMILES string of the molecule is c1ccc(NC(=NC2CCCCC2)NC(N(C2CCCCC2)C2CCCCC2)=[N+](C2CCCCC2)C2CCCCC2)cc1. The number of nitrogens with zero attached hydrogens (tertiary/aromatic N) is 3. The van der Waals surface area contributed by atoms with E-state index >= 15 is 0 Å². The zero-order chi connectivity index (χ0) is 29.1. The third-order valence-electron chi connectivity index (χ3n) is 11.5. The third-order valence-corrected chi connectivity index (χ3v) is 11.5. The van der Waals surface area contributed by atoms with Gasteiger partial charge in [0.05, 0.1) is 30.2 Å². The monoisotopic (exact) mass is 588 g/mol. The van der Waals surface area contributed by atoms with Crippen molar-refractivity contribution in [2.24, 2.45) is 4.99 Å². The van der Waals surface area contributed by atoms with Crippen LogP contribution in [0.3, 0.4) is 0 Å². The molecule has 0 amide bonds. The predicted octanol–water partition coefficient (Wildman–Crippen LogP) is 9.38. The number of anilines is 1. The van der Waals surface area contributed by atoms with E-state index in [4.69, 9.17) is 4.99 Å². The second-order valence-corrected chi connectivity index (χ2v) is 14.7. The molecule has 0 atom stereocenters. The van der Waals surface area contributed by atoms with Crippen molar-refractivity contribution in [2.45, 2.75) is 191 Å². The highest BCUT2D eigenvalue weighted by molar-refractivity contribution is 6.04. The van der Waals surface area contributed by atoms with Crippen LogP contribution in [0.25, 0.3) is 0 Å². The Morgan fingerprint density at radius 1 is 0.558 bits per heavy atom. The second-order valence-electron chi connectivity index (χ2n) is 14.7. The Kier molecular flexibility index (Phi) is 11.8. The Morgan fingerprint density at radius 3 is 1.49 bits per heavy atom. The Hall–Kier alpha value is -2.04. The van der Waals surface area contributed by atoms with Crippen molar-refractivity contribution in [1.82, 2.24) is 10.2 Å². The van der Waals surface area contributed by atoms with E-state index in [-0.39, 0.29) is 0 Å². The molecule has 5 aliphatic carbocycles. The molecule has 0 radical (unpaired) electrons. The van der Waals surface area contributed by atoms with Gasteiger partial charge in [0.1, 0.15) is 0 Å². The minimum Gasteiger partial charge on any atom is -0.313 e. The van der Waals surface area contributed by atoms with Gasteiger partial charge >= 0.3 is 5.96 Å². The van der Waals surface area contributed by atoms with Gasteiger partial charge in [0.25, 0.3) is 5.96 Å². The molecule has 5 aliphatic rings. The summed E-state index contributed by atoms with van der Waals surface area (Å²) in [4.78, 5) is 8.55. The van der Waals surface area contributed by atoms with E-state index in [0.717, 1.165) is 11.6 Å². The first-order chi connectivity index (χ1) is 21.3. The fourth-order valence-electron chi connectivity index (χ4n) is 9.24. The summed E-state index contributed by atoms with van der Waals surface area (Å²) in [5.74, 6) is 2.46. The van der Waals surface area contributed by atoms with Crippen LogP contribution in [0.1, 0.15) is 161 Å². The van der Waals surface area contributed by atoms with E-state index in [1.807, 2.05) is 0 Å². The molecule has 5 saturated carbocycles. The van der Waals surface area contributed by atoms with E-state index in [9.17, 15) is 0 Å². The number of rotatable bonds is 6. The Bertz CT molecular complexity index is 966. The number of nitrogens with one attached hydrogen (secondary N) is 2. The van der Waals surface area contributed by atoms with E-state index in [1.54, 1.807) is 0 Å². The maximum absolute atomic E-state index is 5.54. The van der Waals surface area contributed by atoms with Crippen LogP contribution in [0.5, 0.6) is 0 Å². The van der Waals surface area contributed by atoms with Crippen LogP contribution in [-0.4, -0.2) is 51.6 Å². The van der Waals surface area contributed by atoms with Crippen molar-refractivity contribution in [3.05, 3.63) is 30.3 Å². The van der Waals surface area contributed by atoms with Crippen molar-refractivity contribution in [1.29, 1.82) is 0 Å². The van der Waals surface area contributed by atoms with Crippen LogP contribution in [0.4, 0.5) is 5.69 Å². The molecule has 5 nitrogen and oxygen atoms in total. The first-order valence-electron chi connectivity index (χ1n) is 19.0. The number of hydrogen-bond donors (Lipinski definition) is 2. The molecule has 0 aliphatic heterocycles. The molecule has 0 spiro atoms. The van der Waals surface area contributed by atoms with Gasteiger partial charge in [-0.1, -0.05) is 115 Å². The van der Waals surface area contributed by atoms with Crippen molar-refractivity contribution in [2.75, 3.05) is 5.32 Å². The van der Waals surface area contributed by atoms with Crippen LogP contribution < -0.4 is 10.6 Å². The van der Waals surface area contributed by atoms with Gasteiger partial charge in [-0.15, -0.1) is 0 Å². The molecule has 0 unspecified atom stereocenters. The molecule has 5 fully saturated rings. The molecular formula is C38H62N5+. The summed E-state index contributed by atoms with van der Waals surface area (Å²) in [7, 11) is 0. The maximum atomic E-state index is 5.54. The van der Waals surface area contributed by atoms with Gasteiger partial charge in [0.15, 0.2) is 0 Å². The van der Waals surface area contributed by atoms with E-state index in [2.05, 4.69) is 50.4 Å². The molecule has 0 bridgehead atoms. The molecule has 1 aromatic rings. The fraction of sp³-hybridized carbons (Fsp3) is 0.789. The summed E-state index contributed by atoms with van der Waals surface area (Å²) in [5, 5.41) is 8.09. The quantitative estimate of drug-likeness (QED) is 0.198. The second kappa shape index (κ2) is 16.3. The molecule has 0 heterocycles. The topological polar surface area (TPSA) is 42.7 Å². The van der Waals surface area contributed by atoms with E-state index in [1.165, 1.54) is 166 Å². The van der Waals surface area contributed by atoms with Gasteiger partial charge < -0.3 is 5.32 Å². The summed E-state index contributed by atoms with van der Waals surface area (Å²) in [5.41, 5.74) is 1.15. The highest BCUT2D eigenvalue weighted by Crippen LogP contribution is 2.33. The number of hydrogen-bond acceptors (Lipinski definition) is 1. The fourth-order valence-corrected chi connectivity index (χ4v) is 9.24. The number of aliphatic imine (C=N–C) groups is 1. The van der Waals surface area contributed by atoms with Gasteiger partial charge in [-0.3, -0.25) is 9.48 Å². The minimum absolute atomic E-state index is 0.421. The molecule has 238 valence electrons.